The van der Waals surface area contributed by atoms with E-state index in [1.165, 1.54) is 0 Å². The highest BCUT2D eigenvalue weighted by atomic mass is 16.5. The lowest BCUT2D eigenvalue weighted by molar-refractivity contribution is -0.114. The summed E-state index contributed by atoms with van der Waals surface area (Å²) >= 11 is 0. The van der Waals surface area contributed by atoms with Crippen LogP contribution in [0.1, 0.15) is 17.2 Å². The molecule has 1 aliphatic heterocycles. The molecule has 3 aromatic carbocycles. The van der Waals surface area contributed by atoms with Gasteiger partial charge in [-0.1, -0.05) is 42.5 Å². The fourth-order valence-electron chi connectivity index (χ4n) is 2.87. The van der Waals surface area contributed by atoms with E-state index in [-0.39, 0.29) is 6.02 Å². The van der Waals surface area contributed by atoms with Crippen LogP contribution in [0.4, 0.5) is 11.4 Å². The largest absolute Gasteiger partial charge is 0.455 e. The number of nitrogens with one attached hydrogen (secondary N) is 1. The zero-order chi connectivity index (χ0) is 18.6. The van der Waals surface area contributed by atoms with E-state index >= 15 is 0 Å². The minimum absolute atomic E-state index is 0.259. The molecule has 0 amide bonds. The van der Waals surface area contributed by atoms with E-state index in [0.29, 0.717) is 11.4 Å². The molecule has 1 N–H and O–H groups in total. The lowest BCUT2D eigenvalue weighted by Gasteiger charge is -2.25. The number of nitrogens with zero attached hydrogens (tertiary/aromatic N) is 1. The average Bonchev–Trinajstić information content (AvgIpc) is 2.69. The second-order valence-electron chi connectivity index (χ2n) is 6.19. The van der Waals surface area contributed by atoms with Gasteiger partial charge in [-0.2, -0.15) is 4.99 Å². The Morgan fingerprint density at radius 1 is 1.04 bits per heavy atom. The second kappa shape index (κ2) is 7.33. The molecular formula is C22H18N2O3. The van der Waals surface area contributed by atoms with Crippen molar-refractivity contribution in [1.29, 1.82) is 0 Å². The molecule has 1 aliphatic rings. The maximum absolute atomic E-state index is 11.5. The van der Waals surface area contributed by atoms with Crippen LogP contribution in [0.2, 0.25) is 0 Å². The van der Waals surface area contributed by atoms with Gasteiger partial charge in [0.1, 0.15) is 11.4 Å². The molecular weight excluding hydrogens is 340 g/mol. The van der Waals surface area contributed by atoms with Gasteiger partial charge in [-0.15, -0.1) is 0 Å². The third-order valence-corrected chi connectivity index (χ3v) is 4.18. The van der Waals surface area contributed by atoms with Gasteiger partial charge in [0.2, 0.25) is 0 Å². The normalized spacial score (nSPS) is 16.8. The standard InChI is InChI=1S/C22H18N2O3/c1-15-11-12-17-19(13-15)24-22(27-21(17)14-25)23-18-9-5-6-10-20(18)26-16-7-3-2-4-8-16/h2-14,21H,1H3,(H,23,24). The molecule has 0 saturated heterocycles. The van der Waals surface area contributed by atoms with Gasteiger partial charge in [-0.25, -0.2) is 0 Å². The van der Waals surface area contributed by atoms with Crippen LogP contribution >= 0.6 is 0 Å². The highest BCUT2D eigenvalue weighted by Gasteiger charge is 2.25. The quantitative estimate of drug-likeness (QED) is 0.655. The van der Waals surface area contributed by atoms with E-state index in [1.54, 1.807) is 0 Å². The predicted octanol–water partition coefficient (Wildman–Crippen LogP) is 5.16. The van der Waals surface area contributed by atoms with Gasteiger partial charge in [-0.05, 0) is 42.8 Å². The number of hydrogen-bond acceptors (Lipinski definition) is 4. The van der Waals surface area contributed by atoms with Gasteiger partial charge >= 0.3 is 0 Å². The Bertz CT molecular complexity index is 999. The summed E-state index contributed by atoms with van der Waals surface area (Å²) in [6.45, 7) is 1.99. The van der Waals surface area contributed by atoms with Crippen LogP contribution in [-0.2, 0) is 9.53 Å². The molecule has 5 nitrogen and oxygen atoms in total. The molecule has 0 saturated carbocycles. The lowest BCUT2D eigenvalue weighted by Crippen LogP contribution is -2.26. The number of fused-ring (bicyclic) bond motifs is 1. The van der Waals surface area contributed by atoms with Crippen molar-refractivity contribution in [3.8, 4) is 11.5 Å². The summed E-state index contributed by atoms with van der Waals surface area (Å²) in [4.78, 5) is 16.0. The Kier molecular flexibility index (Phi) is 4.58. The number of carbonyl (C=O) groups is 1. The van der Waals surface area contributed by atoms with E-state index < -0.39 is 6.10 Å². The third kappa shape index (κ3) is 3.67. The molecule has 0 spiro atoms. The van der Waals surface area contributed by atoms with Crippen molar-refractivity contribution in [2.45, 2.75) is 13.0 Å². The molecule has 4 rings (SSSR count). The van der Waals surface area contributed by atoms with Crippen LogP contribution < -0.4 is 10.1 Å². The molecule has 0 radical (unpaired) electrons. The Morgan fingerprint density at radius 2 is 1.81 bits per heavy atom. The Labute approximate surface area is 157 Å². The monoisotopic (exact) mass is 358 g/mol. The zero-order valence-corrected chi connectivity index (χ0v) is 14.8. The summed E-state index contributed by atoms with van der Waals surface area (Å²) in [5.74, 6) is 1.31. The highest BCUT2D eigenvalue weighted by Crippen LogP contribution is 2.34. The first-order valence-corrected chi connectivity index (χ1v) is 8.63. The smallest absolute Gasteiger partial charge is 0.295 e. The number of para-hydroxylation sites is 3. The summed E-state index contributed by atoms with van der Waals surface area (Å²) in [6, 6.07) is 23.0. The minimum Gasteiger partial charge on any atom is -0.455 e. The van der Waals surface area contributed by atoms with Crippen molar-refractivity contribution in [2.75, 3.05) is 5.32 Å². The SMILES string of the molecule is Cc1ccc2c(c1)NC(=Nc1ccccc1Oc1ccccc1)OC2C=O. The molecule has 0 aromatic heterocycles. The van der Waals surface area contributed by atoms with Gasteiger partial charge < -0.3 is 14.8 Å². The average molecular weight is 358 g/mol. The van der Waals surface area contributed by atoms with E-state index in [4.69, 9.17) is 9.47 Å². The number of hydrogen-bond donors (Lipinski definition) is 1. The third-order valence-electron chi connectivity index (χ3n) is 4.18. The number of aldehydes is 1. The number of amidine groups is 1. The first-order valence-electron chi connectivity index (χ1n) is 8.63. The number of rotatable bonds is 4. The van der Waals surface area contributed by atoms with E-state index in [0.717, 1.165) is 28.8 Å². The first kappa shape index (κ1) is 16.8. The van der Waals surface area contributed by atoms with Gasteiger partial charge in [0.05, 0.1) is 0 Å². The topological polar surface area (TPSA) is 59.9 Å². The fourth-order valence-corrected chi connectivity index (χ4v) is 2.87. The molecule has 1 unspecified atom stereocenters. The van der Waals surface area contributed by atoms with Crippen LogP contribution in [0.5, 0.6) is 11.5 Å². The van der Waals surface area contributed by atoms with Crippen molar-refractivity contribution in [2.24, 2.45) is 4.99 Å². The van der Waals surface area contributed by atoms with Crippen molar-refractivity contribution < 1.29 is 14.3 Å². The van der Waals surface area contributed by atoms with Crippen molar-refractivity contribution in [3.63, 3.8) is 0 Å². The lowest BCUT2D eigenvalue weighted by atomic mass is 10.0. The molecule has 0 fully saturated rings. The summed E-state index contributed by atoms with van der Waals surface area (Å²) in [5, 5.41) is 3.15. The maximum atomic E-state index is 11.5. The van der Waals surface area contributed by atoms with Gasteiger partial charge in [0, 0.05) is 11.3 Å². The van der Waals surface area contributed by atoms with E-state index in [2.05, 4.69) is 10.3 Å². The summed E-state index contributed by atoms with van der Waals surface area (Å²) < 4.78 is 11.7. The molecule has 27 heavy (non-hydrogen) atoms. The minimum atomic E-state index is -0.692. The van der Waals surface area contributed by atoms with Gasteiger partial charge in [0.25, 0.3) is 6.02 Å². The predicted molar refractivity (Wildman–Crippen MR) is 105 cm³/mol. The van der Waals surface area contributed by atoms with Gasteiger partial charge in [-0.3, -0.25) is 4.79 Å². The highest BCUT2D eigenvalue weighted by molar-refractivity contribution is 5.96. The maximum Gasteiger partial charge on any atom is 0.295 e. The van der Waals surface area contributed by atoms with Crippen LogP contribution in [0.3, 0.4) is 0 Å². The Balaban J connectivity index is 1.67. The Morgan fingerprint density at radius 3 is 2.63 bits per heavy atom. The number of benzene rings is 3. The second-order valence-corrected chi connectivity index (χ2v) is 6.19. The molecule has 5 heteroatoms. The Hall–Kier alpha value is -3.60. The summed E-state index contributed by atoms with van der Waals surface area (Å²) in [7, 11) is 0. The van der Waals surface area contributed by atoms with Crippen LogP contribution in [0.25, 0.3) is 0 Å². The number of ether oxygens (including phenoxy) is 2. The molecule has 134 valence electrons. The fraction of sp³-hybridized carbons (Fsp3) is 0.0909. The number of aryl methyl sites for hydroxylation is 1. The van der Waals surface area contributed by atoms with Crippen LogP contribution in [0.15, 0.2) is 77.8 Å². The van der Waals surface area contributed by atoms with Crippen LogP contribution in [-0.4, -0.2) is 12.3 Å². The number of aliphatic imine (C=N–C) groups is 1. The summed E-state index contributed by atoms with van der Waals surface area (Å²) in [6.07, 6.45) is 0.0829. The molecule has 0 bridgehead atoms. The van der Waals surface area contributed by atoms with Crippen LogP contribution in [0, 0.1) is 6.92 Å². The summed E-state index contributed by atoms with van der Waals surface area (Å²) in [5.41, 5.74) is 3.30. The first-order chi connectivity index (χ1) is 13.2. The number of anilines is 1. The van der Waals surface area contributed by atoms with E-state index in [1.807, 2.05) is 79.7 Å². The molecule has 1 atom stereocenters. The van der Waals surface area contributed by atoms with Crippen molar-refractivity contribution >= 4 is 23.7 Å². The molecule has 3 aromatic rings. The molecule has 0 aliphatic carbocycles. The van der Waals surface area contributed by atoms with Crippen molar-refractivity contribution in [1.82, 2.24) is 0 Å². The number of carbonyl (C=O) groups excluding carboxylic acids is 1. The van der Waals surface area contributed by atoms with Crippen molar-refractivity contribution in [3.05, 3.63) is 83.9 Å². The van der Waals surface area contributed by atoms with Gasteiger partial charge in [0.15, 0.2) is 18.1 Å². The molecule has 1 heterocycles. The zero-order valence-electron chi connectivity index (χ0n) is 14.8. The van der Waals surface area contributed by atoms with E-state index in [9.17, 15) is 4.79 Å².